The number of nitrogens with one attached hydrogen (secondary N) is 2. The van der Waals surface area contributed by atoms with Gasteiger partial charge in [0.25, 0.3) is 5.91 Å². The summed E-state index contributed by atoms with van der Waals surface area (Å²) in [6.07, 6.45) is 11.8. The van der Waals surface area contributed by atoms with Crippen LogP contribution in [-0.4, -0.2) is 37.0 Å². The van der Waals surface area contributed by atoms with Crippen LogP contribution in [0.1, 0.15) is 29.0 Å². The number of anilines is 1. The predicted molar refractivity (Wildman–Crippen MR) is 107 cm³/mol. The Balaban J connectivity index is 1.65. The minimum absolute atomic E-state index is 0.257. The van der Waals surface area contributed by atoms with Gasteiger partial charge in [0.2, 0.25) is 0 Å². The Morgan fingerprint density at radius 1 is 1.11 bits per heavy atom. The zero-order chi connectivity index (χ0) is 19.3. The summed E-state index contributed by atoms with van der Waals surface area (Å²) in [5.74, 6) is -0.257. The van der Waals surface area contributed by atoms with Crippen LogP contribution in [-0.2, 0) is 20.1 Å². The summed E-state index contributed by atoms with van der Waals surface area (Å²) >= 11 is 0. The zero-order valence-corrected chi connectivity index (χ0v) is 15.8. The second kappa shape index (κ2) is 8.18. The second-order valence-corrected chi connectivity index (χ2v) is 6.74. The van der Waals surface area contributed by atoms with E-state index >= 15 is 0 Å². The Kier molecular flexibility index (Phi) is 5.29. The summed E-state index contributed by atoms with van der Waals surface area (Å²) in [6.45, 7) is 2.24. The maximum Gasteiger partial charge on any atom is 0.274 e. The third kappa shape index (κ3) is 4.17. The topological polar surface area (TPSA) is 89.7 Å². The van der Waals surface area contributed by atoms with Crippen molar-refractivity contribution >= 4 is 11.6 Å². The molecule has 1 aliphatic heterocycles. The van der Waals surface area contributed by atoms with Crippen molar-refractivity contribution in [1.29, 1.82) is 0 Å². The molecule has 0 saturated heterocycles. The van der Waals surface area contributed by atoms with Gasteiger partial charge in [0.15, 0.2) is 0 Å². The quantitative estimate of drug-likeness (QED) is 0.587. The molecule has 0 saturated carbocycles. The number of pyridine rings is 1. The Morgan fingerprint density at radius 2 is 1.96 bits per heavy atom. The van der Waals surface area contributed by atoms with Crippen molar-refractivity contribution in [3.8, 4) is 11.3 Å². The van der Waals surface area contributed by atoms with Crippen LogP contribution in [0, 0.1) is 0 Å². The van der Waals surface area contributed by atoms with E-state index in [-0.39, 0.29) is 5.91 Å². The van der Waals surface area contributed by atoms with E-state index < -0.39 is 0 Å². The lowest BCUT2D eigenvalue weighted by Crippen LogP contribution is -2.18. The first-order valence-corrected chi connectivity index (χ1v) is 9.38. The molecule has 2 N–H and O–H groups in total. The summed E-state index contributed by atoms with van der Waals surface area (Å²) < 4.78 is 3.60. The smallest absolute Gasteiger partial charge is 0.274 e. The number of fused-ring (bicyclic) bond motifs is 6. The number of hydrogen-bond donors (Lipinski definition) is 2. The van der Waals surface area contributed by atoms with E-state index in [0.717, 1.165) is 42.9 Å². The summed E-state index contributed by atoms with van der Waals surface area (Å²) in [6, 6.07) is 5.43. The molecule has 0 fully saturated rings. The minimum Gasteiger partial charge on any atom is -0.318 e. The number of rotatable bonds is 0. The van der Waals surface area contributed by atoms with Crippen LogP contribution in [0.2, 0.25) is 0 Å². The second-order valence-electron chi connectivity index (χ2n) is 6.74. The van der Waals surface area contributed by atoms with E-state index in [0.29, 0.717) is 17.9 Å². The molecule has 8 heteroatoms. The third-order valence-electron chi connectivity index (χ3n) is 4.54. The first-order chi connectivity index (χ1) is 13.7. The van der Waals surface area contributed by atoms with Gasteiger partial charge in [-0.25, -0.2) is 4.98 Å². The van der Waals surface area contributed by atoms with Crippen molar-refractivity contribution in [3.63, 3.8) is 0 Å². The lowest BCUT2D eigenvalue weighted by molar-refractivity contribution is 0.102. The molecule has 0 aliphatic carbocycles. The highest BCUT2D eigenvalue weighted by Crippen LogP contribution is 2.18. The number of aromatic nitrogens is 5. The lowest BCUT2D eigenvalue weighted by atomic mass is 10.2. The number of carbonyl (C=O) groups excluding carboxylic acids is 1. The highest BCUT2D eigenvalue weighted by molar-refractivity contribution is 6.03. The fourth-order valence-electron chi connectivity index (χ4n) is 3.13. The molecule has 0 radical (unpaired) electrons. The molecule has 4 rings (SSSR count). The number of allylic oxidation sites excluding steroid dienone is 1. The molecule has 0 unspecified atom stereocenters. The molecular formula is C20H23N7O. The third-order valence-corrected chi connectivity index (χ3v) is 4.54. The van der Waals surface area contributed by atoms with Gasteiger partial charge >= 0.3 is 0 Å². The van der Waals surface area contributed by atoms with Crippen LogP contribution < -0.4 is 10.6 Å². The molecule has 4 bridgehead atoms. The van der Waals surface area contributed by atoms with Crippen molar-refractivity contribution in [2.24, 2.45) is 7.05 Å². The average Bonchev–Trinajstić information content (AvgIpc) is 3.30. The van der Waals surface area contributed by atoms with Crippen molar-refractivity contribution in [3.05, 3.63) is 60.3 Å². The molecule has 0 aromatic carbocycles. The normalized spacial score (nSPS) is 16.5. The van der Waals surface area contributed by atoms with Crippen LogP contribution >= 0.6 is 0 Å². The fraction of sp³-hybridized carbons (Fsp3) is 0.300. The fourth-order valence-corrected chi connectivity index (χ4v) is 3.13. The van der Waals surface area contributed by atoms with E-state index in [1.165, 1.54) is 0 Å². The van der Waals surface area contributed by atoms with Gasteiger partial charge in [0.1, 0.15) is 5.69 Å². The van der Waals surface area contributed by atoms with Gasteiger partial charge in [-0.05, 0) is 31.5 Å². The summed E-state index contributed by atoms with van der Waals surface area (Å²) in [4.78, 5) is 17.3. The summed E-state index contributed by atoms with van der Waals surface area (Å²) in [5, 5.41) is 15.2. The number of aryl methyl sites for hydroxylation is 2. The van der Waals surface area contributed by atoms with Crippen molar-refractivity contribution in [1.82, 2.24) is 29.9 Å². The van der Waals surface area contributed by atoms with E-state index in [9.17, 15) is 4.79 Å². The first kappa shape index (κ1) is 18.1. The SMILES string of the molecule is Cn1cc2c(n1)CNCC/C=C/CCn1cc(cn1)-c1cccc(n1)C(=O)N2. The van der Waals surface area contributed by atoms with E-state index in [1.807, 2.05) is 30.1 Å². The summed E-state index contributed by atoms with van der Waals surface area (Å²) in [5.41, 5.74) is 3.47. The van der Waals surface area contributed by atoms with E-state index in [4.69, 9.17) is 0 Å². The molecule has 3 aromatic heterocycles. The molecule has 0 spiro atoms. The molecule has 1 aliphatic rings. The molecule has 8 nitrogen and oxygen atoms in total. The lowest BCUT2D eigenvalue weighted by Gasteiger charge is -2.07. The highest BCUT2D eigenvalue weighted by Gasteiger charge is 2.14. The summed E-state index contributed by atoms with van der Waals surface area (Å²) in [7, 11) is 1.84. The Morgan fingerprint density at radius 3 is 2.89 bits per heavy atom. The van der Waals surface area contributed by atoms with Crippen molar-refractivity contribution < 1.29 is 4.79 Å². The maximum absolute atomic E-state index is 12.7. The van der Waals surface area contributed by atoms with Crippen LogP contribution in [0.3, 0.4) is 0 Å². The molecule has 28 heavy (non-hydrogen) atoms. The van der Waals surface area contributed by atoms with Gasteiger partial charge in [0.05, 0.1) is 23.3 Å². The van der Waals surface area contributed by atoms with Gasteiger partial charge in [-0.1, -0.05) is 18.2 Å². The van der Waals surface area contributed by atoms with Gasteiger partial charge in [0, 0.05) is 38.1 Å². The Bertz CT molecular complexity index is 1000. The van der Waals surface area contributed by atoms with Gasteiger partial charge in [-0.15, -0.1) is 0 Å². The molecular weight excluding hydrogens is 354 g/mol. The zero-order valence-electron chi connectivity index (χ0n) is 15.8. The van der Waals surface area contributed by atoms with Crippen LogP contribution in [0.5, 0.6) is 0 Å². The largest absolute Gasteiger partial charge is 0.318 e. The van der Waals surface area contributed by atoms with Crippen LogP contribution in [0.25, 0.3) is 11.3 Å². The van der Waals surface area contributed by atoms with E-state index in [2.05, 4.69) is 38.0 Å². The van der Waals surface area contributed by atoms with Crippen LogP contribution in [0.4, 0.5) is 5.69 Å². The molecule has 4 heterocycles. The standard InChI is InChI=1S/C20H23N7O/c1-26-14-19-18(25-26)12-21-9-4-2-3-5-10-27-13-15(11-22-27)16-7-6-8-17(23-16)20(28)24-19/h2-3,6-8,11,13-14,21H,4-5,9-10,12H2,1H3,(H,24,28)/b3-2+. The molecule has 144 valence electrons. The predicted octanol–water partition coefficient (Wildman–Crippen LogP) is 2.37. The number of nitrogens with zero attached hydrogens (tertiary/aromatic N) is 5. The van der Waals surface area contributed by atoms with Gasteiger partial charge in [-0.3, -0.25) is 14.2 Å². The molecule has 0 atom stereocenters. The Labute approximate surface area is 163 Å². The molecule has 1 amide bonds. The maximum atomic E-state index is 12.7. The molecule has 3 aromatic rings. The van der Waals surface area contributed by atoms with Crippen molar-refractivity contribution in [2.45, 2.75) is 25.9 Å². The number of amides is 1. The van der Waals surface area contributed by atoms with Crippen molar-refractivity contribution in [2.75, 3.05) is 11.9 Å². The van der Waals surface area contributed by atoms with E-state index in [1.54, 1.807) is 23.1 Å². The van der Waals surface area contributed by atoms with Gasteiger partial charge in [-0.2, -0.15) is 10.2 Å². The first-order valence-electron chi connectivity index (χ1n) is 9.38. The van der Waals surface area contributed by atoms with Gasteiger partial charge < -0.3 is 10.6 Å². The monoisotopic (exact) mass is 377 g/mol. The highest BCUT2D eigenvalue weighted by atomic mass is 16.1. The average molecular weight is 377 g/mol. The number of hydrogen-bond acceptors (Lipinski definition) is 5. The number of carbonyl (C=O) groups is 1. The Hall–Kier alpha value is -3.26. The minimum atomic E-state index is -0.257. The van der Waals surface area contributed by atoms with Crippen LogP contribution in [0.15, 0.2) is 48.9 Å².